The number of rotatable bonds is 8. The molecular formula is C28H24ClF5N4O3. The lowest BCUT2D eigenvalue weighted by atomic mass is 9.87. The van der Waals surface area contributed by atoms with Crippen molar-refractivity contribution in [3.05, 3.63) is 82.0 Å². The largest absolute Gasteiger partial charge is 0.497 e. The van der Waals surface area contributed by atoms with Gasteiger partial charge >= 0.3 is 6.18 Å². The van der Waals surface area contributed by atoms with Crippen LogP contribution in [0.4, 0.5) is 33.5 Å². The summed E-state index contributed by atoms with van der Waals surface area (Å²) in [6.07, 6.45) is -2.36. The highest BCUT2D eigenvalue weighted by Crippen LogP contribution is 2.46. The fraction of sp³-hybridized carbons (Fsp3) is 0.321. The topological polar surface area (TPSA) is 83.6 Å². The number of nitrogens with one attached hydrogen (secondary N) is 2. The maximum Gasteiger partial charge on any atom is 0.421 e. The lowest BCUT2D eigenvalue weighted by Crippen LogP contribution is -2.36. The minimum absolute atomic E-state index is 0.114. The van der Waals surface area contributed by atoms with E-state index in [0.717, 1.165) is 23.2 Å². The van der Waals surface area contributed by atoms with Crippen molar-refractivity contribution in [3.63, 3.8) is 0 Å². The van der Waals surface area contributed by atoms with Crippen molar-refractivity contribution in [2.45, 2.75) is 31.0 Å². The van der Waals surface area contributed by atoms with Gasteiger partial charge in [0.05, 0.1) is 18.7 Å². The maximum atomic E-state index is 15.2. The number of halogens is 6. The van der Waals surface area contributed by atoms with Crippen molar-refractivity contribution >= 4 is 34.9 Å². The zero-order valence-corrected chi connectivity index (χ0v) is 22.3. The molecule has 1 aliphatic carbocycles. The molecule has 2 aromatic carbocycles. The molecule has 1 unspecified atom stereocenters. The normalized spacial score (nSPS) is 18.9. The summed E-state index contributed by atoms with van der Waals surface area (Å²) in [5.74, 6) is -6.92. The van der Waals surface area contributed by atoms with E-state index >= 15 is 8.78 Å². The molecule has 2 N–H and O–H groups in total. The van der Waals surface area contributed by atoms with Crippen LogP contribution in [-0.4, -0.2) is 43.0 Å². The zero-order chi connectivity index (χ0) is 29.5. The van der Waals surface area contributed by atoms with Crippen molar-refractivity contribution in [1.82, 2.24) is 10.3 Å². The monoisotopic (exact) mass is 594 g/mol. The summed E-state index contributed by atoms with van der Waals surface area (Å²) in [5.41, 5.74) is -1.70. The molecule has 7 nitrogen and oxygen atoms in total. The number of pyridine rings is 1. The lowest BCUT2D eigenvalue weighted by Gasteiger charge is -2.23. The number of anilines is 2. The number of hydrogen-bond acceptors (Lipinski definition) is 5. The zero-order valence-electron chi connectivity index (χ0n) is 21.6. The van der Waals surface area contributed by atoms with E-state index < -0.39 is 71.5 Å². The van der Waals surface area contributed by atoms with E-state index in [1.165, 1.54) is 37.4 Å². The van der Waals surface area contributed by atoms with Gasteiger partial charge in [0.15, 0.2) is 0 Å². The molecule has 2 heterocycles. The van der Waals surface area contributed by atoms with Crippen LogP contribution in [0.15, 0.2) is 48.7 Å². The van der Waals surface area contributed by atoms with Crippen LogP contribution in [0.3, 0.4) is 0 Å². The van der Waals surface area contributed by atoms with E-state index in [0.29, 0.717) is 17.9 Å². The average Bonchev–Trinajstić information content (AvgIpc) is 3.68. The van der Waals surface area contributed by atoms with Crippen LogP contribution < -0.4 is 20.3 Å². The molecule has 1 aromatic heterocycles. The van der Waals surface area contributed by atoms with Crippen LogP contribution in [0.1, 0.15) is 40.2 Å². The van der Waals surface area contributed by atoms with Gasteiger partial charge in [0.25, 0.3) is 5.91 Å². The fourth-order valence-corrected chi connectivity index (χ4v) is 5.07. The van der Waals surface area contributed by atoms with Gasteiger partial charge in [0.2, 0.25) is 5.91 Å². The van der Waals surface area contributed by atoms with Crippen molar-refractivity contribution in [3.8, 4) is 5.75 Å². The van der Waals surface area contributed by atoms with Gasteiger partial charge in [-0.3, -0.25) is 14.5 Å². The molecule has 1 aliphatic heterocycles. The first-order valence-electron chi connectivity index (χ1n) is 12.7. The number of aromatic nitrogens is 1. The van der Waals surface area contributed by atoms with E-state index in [1.807, 2.05) is 0 Å². The predicted molar refractivity (Wildman–Crippen MR) is 141 cm³/mol. The number of ether oxygens (including phenoxy) is 1. The van der Waals surface area contributed by atoms with Gasteiger partial charge in [-0.2, -0.15) is 13.2 Å². The first kappa shape index (κ1) is 28.6. The van der Waals surface area contributed by atoms with Crippen molar-refractivity contribution in [2.24, 2.45) is 5.92 Å². The number of alkyl halides is 3. The Morgan fingerprint density at radius 1 is 1.12 bits per heavy atom. The summed E-state index contributed by atoms with van der Waals surface area (Å²) in [5, 5.41) is 5.77. The summed E-state index contributed by atoms with van der Waals surface area (Å²) in [6, 6.07) is 8.75. The van der Waals surface area contributed by atoms with Gasteiger partial charge in [-0.1, -0.05) is 11.6 Å². The number of hydrogen-bond donors (Lipinski definition) is 2. The Morgan fingerprint density at radius 2 is 1.78 bits per heavy atom. The smallest absolute Gasteiger partial charge is 0.421 e. The molecule has 2 atom stereocenters. The Labute approximate surface area is 236 Å². The van der Waals surface area contributed by atoms with Gasteiger partial charge in [-0.15, -0.1) is 0 Å². The van der Waals surface area contributed by atoms with Crippen LogP contribution in [0.2, 0.25) is 5.02 Å². The first-order chi connectivity index (χ1) is 19.5. The molecule has 2 amide bonds. The van der Waals surface area contributed by atoms with Gasteiger partial charge in [-0.05, 0) is 43.2 Å². The second kappa shape index (κ2) is 11.2. The lowest BCUT2D eigenvalue weighted by molar-refractivity contribution is -0.136. The second-order valence-corrected chi connectivity index (χ2v) is 10.3. The van der Waals surface area contributed by atoms with E-state index in [-0.39, 0.29) is 23.0 Å². The molecule has 5 rings (SSSR count). The summed E-state index contributed by atoms with van der Waals surface area (Å²) in [6.45, 7) is -0.919. The second-order valence-electron chi connectivity index (χ2n) is 9.86. The molecule has 2 aliphatic rings. The highest BCUT2D eigenvalue weighted by atomic mass is 35.5. The third-order valence-electron chi connectivity index (χ3n) is 7.10. The Balaban J connectivity index is 1.53. The molecule has 0 radical (unpaired) electrons. The molecule has 1 saturated heterocycles. The first-order valence-corrected chi connectivity index (χ1v) is 13.1. The van der Waals surface area contributed by atoms with Gasteiger partial charge in [-0.25, -0.2) is 13.8 Å². The Morgan fingerprint density at radius 3 is 2.37 bits per heavy atom. The molecule has 3 aromatic rings. The summed E-state index contributed by atoms with van der Waals surface area (Å²) < 4.78 is 78.3. The Hall–Kier alpha value is -3.93. The highest BCUT2D eigenvalue weighted by molar-refractivity contribution is 6.30. The summed E-state index contributed by atoms with van der Waals surface area (Å²) >= 11 is 5.86. The van der Waals surface area contributed by atoms with Gasteiger partial charge < -0.3 is 15.4 Å². The number of methoxy groups -OCH3 is 1. The third-order valence-corrected chi connectivity index (χ3v) is 7.36. The van der Waals surface area contributed by atoms with E-state index in [9.17, 15) is 22.8 Å². The van der Waals surface area contributed by atoms with Crippen LogP contribution in [0, 0.1) is 17.6 Å². The number of carbonyl (C=O) groups is 2. The minimum atomic E-state index is -4.89. The SMILES string of the molecule is COc1cc(F)c([C@@H]2CN(c3nccc(NC4CC4)c3C(F)(F)F)C(=O)C2CNC(=O)c2ccc(Cl)cc2)c(F)c1. The molecule has 41 heavy (non-hydrogen) atoms. The standard InChI is InChI=1S/C28H24ClF5N4O3/c1-41-17-10-20(30)23(21(31)11-17)19-13-38(25-24(28(32,33)34)22(8-9-35-25)37-16-6-7-16)27(40)18(19)12-36-26(39)14-2-4-15(29)5-3-14/h2-5,8-11,16,18-19H,6-7,12-13H2,1H3,(H,35,37)(H,36,39)/t18?,19-/m1/s1. The average molecular weight is 595 g/mol. The van der Waals surface area contributed by atoms with Gasteiger partial charge in [0.1, 0.15) is 28.8 Å². The van der Waals surface area contributed by atoms with Crippen LogP contribution in [-0.2, 0) is 11.0 Å². The van der Waals surface area contributed by atoms with Crippen molar-refractivity contribution < 1.29 is 36.3 Å². The van der Waals surface area contributed by atoms with E-state index in [1.54, 1.807) is 0 Å². The summed E-state index contributed by atoms with van der Waals surface area (Å²) in [4.78, 5) is 31.1. The third kappa shape index (κ3) is 5.92. The Kier molecular flexibility index (Phi) is 7.78. The highest BCUT2D eigenvalue weighted by Gasteiger charge is 2.48. The molecule has 216 valence electrons. The summed E-state index contributed by atoms with van der Waals surface area (Å²) in [7, 11) is 1.22. The number of amides is 2. The minimum Gasteiger partial charge on any atom is -0.497 e. The molecule has 1 saturated carbocycles. The molecule has 0 bridgehead atoms. The molecule has 13 heteroatoms. The fourth-order valence-electron chi connectivity index (χ4n) is 4.94. The van der Waals surface area contributed by atoms with Crippen LogP contribution >= 0.6 is 11.6 Å². The van der Waals surface area contributed by atoms with Crippen molar-refractivity contribution in [1.29, 1.82) is 0 Å². The molecule has 0 spiro atoms. The number of carbonyl (C=O) groups excluding carboxylic acids is 2. The van der Waals surface area contributed by atoms with Crippen molar-refractivity contribution in [2.75, 3.05) is 30.4 Å². The quantitative estimate of drug-likeness (QED) is 0.323. The van der Waals surface area contributed by atoms with E-state index in [4.69, 9.17) is 16.3 Å². The number of benzene rings is 2. The predicted octanol–water partition coefficient (Wildman–Crippen LogP) is 5.79. The molecular weight excluding hydrogens is 571 g/mol. The van der Waals surface area contributed by atoms with Crippen LogP contribution in [0.25, 0.3) is 0 Å². The van der Waals surface area contributed by atoms with Crippen LogP contribution in [0.5, 0.6) is 5.75 Å². The van der Waals surface area contributed by atoms with E-state index in [2.05, 4.69) is 15.6 Å². The molecule has 2 fully saturated rings. The van der Waals surface area contributed by atoms with Gasteiger partial charge in [0, 0.05) is 59.5 Å². The Bertz CT molecular complexity index is 1460. The number of nitrogens with zero attached hydrogens (tertiary/aromatic N) is 2. The maximum absolute atomic E-state index is 15.2.